The van der Waals surface area contributed by atoms with Crippen LogP contribution in [0.4, 0.5) is 0 Å². The van der Waals surface area contributed by atoms with Gasteiger partial charge in [0.2, 0.25) is 0 Å². The summed E-state index contributed by atoms with van der Waals surface area (Å²) in [5, 5.41) is 12.3. The lowest BCUT2D eigenvalue weighted by molar-refractivity contribution is 0.273. The van der Waals surface area contributed by atoms with Gasteiger partial charge in [-0.3, -0.25) is 0 Å². The van der Waals surface area contributed by atoms with Crippen LogP contribution in [0.3, 0.4) is 0 Å². The molecule has 0 aromatic carbocycles. The van der Waals surface area contributed by atoms with Crippen molar-refractivity contribution in [1.82, 2.24) is 5.32 Å². The van der Waals surface area contributed by atoms with Crippen molar-refractivity contribution in [2.45, 2.75) is 44.7 Å². The van der Waals surface area contributed by atoms with Crippen molar-refractivity contribution < 1.29 is 5.11 Å². The summed E-state index contributed by atoms with van der Waals surface area (Å²) >= 11 is 2.06. The zero-order valence-electron chi connectivity index (χ0n) is 8.46. The summed E-state index contributed by atoms with van der Waals surface area (Å²) in [5.74, 6) is 2.60. The van der Waals surface area contributed by atoms with Crippen LogP contribution in [0.15, 0.2) is 0 Å². The van der Waals surface area contributed by atoms with Crippen LogP contribution in [0.5, 0.6) is 0 Å². The van der Waals surface area contributed by atoms with Gasteiger partial charge in [0.05, 0.1) is 0 Å². The highest BCUT2D eigenvalue weighted by molar-refractivity contribution is 7.99. The Balaban J connectivity index is 2.07. The van der Waals surface area contributed by atoms with Gasteiger partial charge in [-0.25, -0.2) is 0 Å². The molecule has 1 rings (SSSR count). The van der Waals surface area contributed by atoms with E-state index in [2.05, 4.69) is 24.0 Å². The van der Waals surface area contributed by atoms with Crippen LogP contribution >= 0.6 is 11.8 Å². The van der Waals surface area contributed by atoms with Crippen molar-refractivity contribution in [2.24, 2.45) is 0 Å². The third-order valence-electron chi connectivity index (χ3n) is 2.48. The molecule has 0 amide bonds. The van der Waals surface area contributed by atoms with Gasteiger partial charge in [-0.15, -0.1) is 0 Å². The second-order valence-electron chi connectivity index (χ2n) is 3.85. The molecule has 3 heteroatoms. The van der Waals surface area contributed by atoms with Crippen LogP contribution < -0.4 is 5.32 Å². The van der Waals surface area contributed by atoms with E-state index in [4.69, 9.17) is 5.11 Å². The summed E-state index contributed by atoms with van der Waals surface area (Å²) in [6.07, 6.45) is 4.71. The molecule has 0 aliphatic carbocycles. The Labute approximate surface area is 85.5 Å². The summed E-state index contributed by atoms with van der Waals surface area (Å²) in [5.41, 5.74) is 0. The zero-order chi connectivity index (χ0) is 9.52. The molecule has 1 fully saturated rings. The Bertz CT molecular complexity index is 126. The number of hydrogen-bond acceptors (Lipinski definition) is 3. The minimum absolute atomic E-state index is 0.325. The van der Waals surface area contributed by atoms with E-state index in [9.17, 15) is 0 Å². The monoisotopic (exact) mass is 203 g/mol. The van der Waals surface area contributed by atoms with Gasteiger partial charge in [0.15, 0.2) is 0 Å². The van der Waals surface area contributed by atoms with Gasteiger partial charge in [-0.05, 0) is 38.4 Å². The molecule has 1 aliphatic heterocycles. The highest BCUT2D eigenvalue weighted by Gasteiger charge is 2.15. The van der Waals surface area contributed by atoms with E-state index >= 15 is 0 Å². The maximum Gasteiger partial charge on any atom is 0.0431 e. The van der Waals surface area contributed by atoms with Gasteiger partial charge in [-0.2, -0.15) is 11.8 Å². The topological polar surface area (TPSA) is 32.3 Å². The summed E-state index contributed by atoms with van der Waals surface area (Å²) < 4.78 is 0. The van der Waals surface area contributed by atoms with E-state index in [1.165, 1.54) is 24.3 Å². The van der Waals surface area contributed by atoms with Crippen molar-refractivity contribution in [1.29, 1.82) is 0 Å². The van der Waals surface area contributed by atoms with Gasteiger partial charge in [-0.1, -0.05) is 0 Å². The maximum atomic E-state index is 8.69. The third-order valence-corrected chi connectivity index (χ3v) is 3.69. The van der Waals surface area contributed by atoms with E-state index in [0.717, 1.165) is 12.8 Å². The molecule has 78 valence electrons. The van der Waals surface area contributed by atoms with Crippen LogP contribution in [0.1, 0.15) is 32.6 Å². The van der Waals surface area contributed by atoms with E-state index < -0.39 is 0 Å². The van der Waals surface area contributed by atoms with Gasteiger partial charge in [0.25, 0.3) is 0 Å². The molecule has 0 unspecified atom stereocenters. The number of aliphatic hydroxyl groups is 1. The summed E-state index contributed by atoms with van der Waals surface area (Å²) in [7, 11) is 0. The van der Waals surface area contributed by atoms with Crippen LogP contribution in [-0.2, 0) is 0 Å². The Morgan fingerprint density at radius 1 is 1.62 bits per heavy atom. The molecule has 1 heterocycles. The van der Waals surface area contributed by atoms with E-state index in [-0.39, 0.29) is 0 Å². The number of nitrogens with one attached hydrogen (secondary N) is 1. The molecule has 0 aromatic heterocycles. The van der Waals surface area contributed by atoms with E-state index in [0.29, 0.717) is 18.7 Å². The molecule has 1 aliphatic rings. The molecule has 2 N–H and O–H groups in total. The second-order valence-corrected chi connectivity index (χ2v) is 5.00. The Morgan fingerprint density at radius 2 is 2.46 bits per heavy atom. The molecule has 13 heavy (non-hydrogen) atoms. The lowest BCUT2D eigenvalue weighted by Crippen LogP contribution is -2.39. The predicted molar refractivity (Wildman–Crippen MR) is 59.3 cm³/mol. The number of rotatable bonds is 5. The Kier molecular flexibility index (Phi) is 5.83. The molecule has 2 nitrogen and oxygen atoms in total. The molecular formula is C10H21NOS. The Hall–Kier alpha value is 0.270. The lowest BCUT2D eigenvalue weighted by Gasteiger charge is -2.26. The van der Waals surface area contributed by atoms with Crippen molar-refractivity contribution in [3.8, 4) is 0 Å². The quantitative estimate of drug-likeness (QED) is 0.712. The standard InChI is InChI=1S/C10H21NOS/c1-9(4-2-6-12)11-10-5-3-7-13-8-10/h9-12H,2-8H2,1H3/t9-,10+/m0/s1. The minimum atomic E-state index is 0.325. The largest absolute Gasteiger partial charge is 0.396 e. The third kappa shape index (κ3) is 4.89. The van der Waals surface area contributed by atoms with Crippen molar-refractivity contribution in [2.75, 3.05) is 18.1 Å². The SMILES string of the molecule is C[C@@H](CCCO)N[C@@H]1CCCSC1. The van der Waals surface area contributed by atoms with Gasteiger partial charge >= 0.3 is 0 Å². The van der Waals surface area contributed by atoms with Crippen molar-refractivity contribution in [3.63, 3.8) is 0 Å². The average molecular weight is 203 g/mol. The first kappa shape index (κ1) is 11.3. The fourth-order valence-corrected chi connectivity index (χ4v) is 2.84. The summed E-state index contributed by atoms with van der Waals surface area (Å²) in [6.45, 7) is 2.54. The Morgan fingerprint density at radius 3 is 3.08 bits per heavy atom. The molecule has 0 saturated carbocycles. The predicted octanol–water partition coefficient (Wildman–Crippen LogP) is 1.63. The first-order valence-corrected chi connectivity index (χ1v) is 6.43. The zero-order valence-corrected chi connectivity index (χ0v) is 9.28. The minimum Gasteiger partial charge on any atom is -0.396 e. The first-order valence-electron chi connectivity index (χ1n) is 5.27. The normalized spacial score (nSPS) is 25.8. The van der Waals surface area contributed by atoms with Crippen LogP contribution in [0.25, 0.3) is 0 Å². The van der Waals surface area contributed by atoms with Crippen LogP contribution in [0, 0.1) is 0 Å². The van der Waals surface area contributed by atoms with E-state index in [1.54, 1.807) is 0 Å². The average Bonchev–Trinajstić information content (AvgIpc) is 2.16. The highest BCUT2D eigenvalue weighted by atomic mass is 32.2. The fourth-order valence-electron chi connectivity index (χ4n) is 1.76. The molecule has 1 saturated heterocycles. The molecule has 2 atom stereocenters. The maximum absolute atomic E-state index is 8.69. The highest BCUT2D eigenvalue weighted by Crippen LogP contribution is 2.17. The van der Waals surface area contributed by atoms with Crippen molar-refractivity contribution >= 4 is 11.8 Å². The van der Waals surface area contributed by atoms with Gasteiger partial charge in [0, 0.05) is 24.4 Å². The number of aliphatic hydroxyl groups excluding tert-OH is 1. The van der Waals surface area contributed by atoms with Crippen molar-refractivity contribution in [3.05, 3.63) is 0 Å². The van der Waals surface area contributed by atoms with Gasteiger partial charge < -0.3 is 10.4 Å². The first-order chi connectivity index (χ1) is 6.33. The second kappa shape index (κ2) is 6.68. The smallest absolute Gasteiger partial charge is 0.0431 e. The lowest BCUT2D eigenvalue weighted by atomic mass is 10.1. The molecular weight excluding hydrogens is 182 g/mol. The molecule has 0 radical (unpaired) electrons. The molecule has 0 spiro atoms. The van der Waals surface area contributed by atoms with Crippen LogP contribution in [0.2, 0.25) is 0 Å². The summed E-state index contributed by atoms with van der Waals surface area (Å²) in [6, 6.07) is 1.28. The number of thioether (sulfide) groups is 1. The summed E-state index contributed by atoms with van der Waals surface area (Å²) in [4.78, 5) is 0. The van der Waals surface area contributed by atoms with E-state index in [1.807, 2.05) is 0 Å². The fraction of sp³-hybridized carbons (Fsp3) is 1.00. The number of hydrogen-bond donors (Lipinski definition) is 2. The van der Waals surface area contributed by atoms with Crippen LogP contribution in [-0.4, -0.2) is 35.3 Å². The van der Waals surface area contributed by atoms with Gasteiger partial charge in [0.1, 0.15) is 0 Å². The molecule has 0 bridgehead atoms. The molecule has 0 aromatic rings.